The van der Waals surface area contributed by atoms with Gasteiger partial charge in [-0.1, -0.05) is 68.5 Å². The van der Waals surface area contributed by atoms with Gasteiger partial charge in [-0.2, -0.15) is 0 Å². The van der Waals surface area contributed by atoms with Crippen molar-refractivity contribution in [3.8, 4) is 5.75 Å². The number of aryl methyl sites for hydroxylation is 1. The Morgan fingerprint density at radius 3 is 2.00 bits per heavy atom. The number of hydrogen-bond acceptors (Lipinski definition) is 4. The molecule has 0 amide bonds. The van der Waals surface area contributed by atoms with Gasteiger partial charge in [0.05, 0.1) is 19.3 Å². The van der Waals surface area contributed by atoms with E-state index in [1.165, 1.54) is 32.8 Å². The lowest BCUT2D eigenvalue weighted by Crippen LogP contribution is -2.04. The molecule has 4 nitrogen and oxygen atoms in total. The number of ether oxygens (including phenoxy) is 2. The maximum atomic E-state index is 11.9. The Bertz CT molecular complexity index is 890. The third kappa shape index (κ3) is 8.25. The van der Waals surface area contributed by atoms with E-state index in [1.54, 1.807) is 12.1 Å². The topological polar surface area (TPSA) is 52.6 Å². The van der Waals surface area contributed by atoms with Crippen LogP contribution in [0.5, 0.6) is 5.75 Å². The molecular weight excluding hydrogens is 388 g/mol. The summed E-state index contributed by atoms with van der Waals surface area (Å²) in [5.74, 6) is 0.638. The Balaban J connectivity index is 0.000000262. The first-order chi connectivity index (χ1) is 15.0. The largest absolute Gasteiger partial charge is 0.494 e. The van der Waals surface area contributed by atoms with Gasteiger partial charge < -0.3 is 9.47 Å². The molecule has 0 bridgehead atoms. The van der Waals surface area contributed by atoms with Crippen molar-refractivity contribution in [1.29, 1.82) is 0 Å². The van der Waals surface area contributed by atoms with Crippen molar-refractivity contribution >= 4 is 11.8 Å². The van der Waals surface area contributed by atoms with Crippen LogP contribution >= 0.6 is 0 Å². The Morgan fingerprint density at radius 1 is 0.839 bits per heavy atom. The second-order valence-electron chi connectivity index (χ2n) is 7.45. The molecule has 0 aliphatic heterocycles. The molecule has 31 heavy (non-hydrogen) atoms. The number of esters is 1. The molecule has 0 unspecified atom stereocenters. The van der Waals surface area contributed by atoms with Gasteiger partial charge in [0.1, 0.15) is 5.75 Å². The zero-order valence-corrected chi connectivity index (χ0v) is 18.7. The fraction of sp³-hybridized carbons (Fsp3) is 0.333. The highest BCUT2D eigenvalue weighted by atomic mass is 16.5. The minimum atomic E-state index is -0.287. The molecule has 0 spiro atoms. The van der Waals surface area contributed by atoms with Crippen molar-refractivity contribution < 1.29 is 19.1 Å². The fourth-order valence-electron chi connectivity index (χ4n) is 2.92. The summed E-state index contributed by atoms with van der Waals surface area (Å²) < 4.78 is 10.2. The predicted molar refractivity (Wildman–Crippen MR) is 125 cm³/mol. The van der Waals surface area contributed by atoms with Gasteiger partial charge in [0, 0.05) is 11.1 Å². The smallest absolute Gasteiger partial charge is 0.337 e. The van der Waals surface area contributed by atoms with Gasteiger partial charge in [-0.15, -0.1) is 0 Å². The van der Waals surface area contributed by atoms with Crippen molar-refractivity contribution in [2.24, 2.45) is 0 Å². The van der Waals surface area contributed by atoms with Gasteiger partial charge in [-0.3, -0.25) is 4.79 Å². The molecule has 0 radical (unpaired) electrons. The first kappa shape index (κ1) is 24.1. The lowest BCUT2D eigenvalue weighted by Gasteiger charge is -2.08. The number of methoxy groups -OCH3 is 1. The molecule has 3 rings (SSSR count). The molecule has 0 fully saturated rings. The highest BCUT2D eigenvalue weighted by Gasteiger charge is 2.12. The van der Waals surface area contributed by atoms with E-state index >= 15 is 0 Å². The fourth-order valence-corrected chi connectivity index (χ4v) is 2.92. The van der Waals surface area contributed by atoms with Crippen LogP contribution in [0.2, 0.25) is 0 Å². The third-order valence-electron chi connectivity index (χ3n) is 4.92. The number of carbonyl (C=O) groups excluding carboxylic acids is 2. The standard InChI is InChI=1S/C18H22O2.C9H10O2/c1-2-3-4-5-6-14-20-17-12-10-16(11-13-17)18(19)15-8-7-9-15;1-7-3-5-8(6-4-7)9(10)11-2/h7-13H,2-6,14H2,1H3;3-6H,1-2H3. The number of allylic oxidation sites excluding steroid dienone is 4. The number of unbranched alkanes of at least 4 members (excludes halogenated alkanes) is 4. The van der Waals surface area contributed by atoms with E-state index in [-0.39, 0.29) is 11.8 Å². The van der Waals surface area contributed by atoms with Crippen molar-refractivity contribution in [3.63, 3.8) is 0 Å². The van der Waals surface area contributed by atoms with E-state index < -0.39 is 0 Å². The molecule has 2 aromatic rings. The summed E-state index contributed by atoms with van der Waals surface area (Å²) in [5.41, 5.74) is 3.22. The number of Topliss-reactive ketones (excluding diaryl/α,β-unsaturated/α-hetero) is 1. The van der Waals surface area contributed by atoms with Crippen LogP contribution in [0.3, 0.4) is 0 Å². The number of ketones is 1. The van der Waals surface area contributed by atoms with Crippen LogP contribution in [0.4, 0.5) is 0 Å². The highest BCUT2D eigenvalue weighted by Crippen LogP contribution is 2.18. The second-order valence-corrected chi connectivity index (χ2v) is 7.45. The van der Waals surface area contributed by atoms with Gasteiger partial charge in [0.25, 0.3) is 0 Å². The van der Waals surface area contributed by atoms with Crippen molar-refractivity contribution in [3.05, 3.63) is 89.0 Å². The average Bonchev–Trinajstić information content (AvgIpc) is 2.76. The zero-order chi connectivity index (χ0) is 22.5. The van der Waals surface area contributed by atoms with Crippen LogP contribution in [-0.2, 0) is 4.74 Å². The Labute approximate surface area is 185 Å². The molecular formula is C27H32O4. The predicted octanol–water partition coefficient (Wildman–Crippen LogP) is 6.50. The molecule has 164 valence electrons. The highest BCUT2D eigenvalue weighted by molar-refractivity contribution is 6.11. The molecule has 0 heterocycles. The Kier molecular flexibility index (Phi) is 10.3. The van der Waals surface area contributed by atoms with Crippen LogP contribution in [0.15, 0.2) is 72.3 Å². The zero-order valence-electron chi connectivity index (χ0n) is 18.7. The van der Waals surface area contributed by atoms with Crippen molar-refractivity contribution in [2.75, 3.05) is 13.7 Å². The first-order valence-corrected chi connectivity index (χ1v) is 10.9. The van der Waals surface area contributed by atoms with E-state index in [9.17, 15) is 9.59 Å². The normalized spacial score (nSPS) is 11.5. The molecule has 0 saturated heterocycles. The minimum Gasteiger partial charge on any atom is -0.494 e. The van der Waals surface area contributed by atoms with Crippen LogP contribution < -0.4 is 4.74 Å². The number of carbonyl (C=O) groups is 2. The molecule has 2 aromatic carbocycles. The summed E-state index contributed by atoms with van der Waals surface area (Å²) in [6, 6.07) is 14.7. The maximum Gasteiger partial charge on any atom is 0.337 e. The quantitative estimate of drug-likeness (QED) is 0.250. The number of hydrogen-bond donors (Lipinski definition) is 0. The molecule has 4 heteroatoms. The summed E-state index contributed by atoms with van der Waals surface area (Å²) >= 11 is 0. The summed E-state index contributed by atoms with van der Waals surface area (Å²) in [4.78, 5) is 22.8. The molecule has 0 saturated carbocycles. The minimum absolute atomic E-state index is 0.0821. The molecule has 1 aliphatic carbocycles. The Hall–Kier alpha value is -3.14. The second kappa shape index (κ2) is 13.2. The third-order valence-corrected chi connectivity index (χ3v) is 4.92. The SMILES string of the molecule is CCCCCCCOc1ccc(C(=O)C2=CC=C2)cc1.COC(=O)c1ccc(C)cc1. The van der Waals surface area contributed by atoms with E-state index in [4.69, 9.17) is 4.74 Å². The van der Waals surface area contributed by atoms with Gasteiger partial charge in [0.15, 0.2) is 5.78 Å². The molecule has 1 aliphatic rings. The summed E-state index contributed by atoms with van der Waals surface area (Å²) in [6.07, 6.45) is 11.7. The van der Waals surface area contributed by atoms with Gasteiger partial charge in [-0.25, -0.2) is 4.79 Å². The van der Waals surface area contributed by atoms with E-state index in [0.29, 0.717) is 5.56 Å². The van der Waals surface area contributed by atoms with Crippen molar-refractivity contribution in [1.82, 2.24) is 0 Å². The van der Waals surface area contributed by atoms with Crippen LogP contribution in [0.1, 0.15) is 65.3 Å². The number of rotatable bonds is 10. The molecule has 0 aromatic heterocycles. The maximum absolute atomic E-state index is 11.9. The lowest BCUT2D eigenvalue weighted by atomic mass is 9.98. The van der Waals surface area contributed by atoms with E-state index in [0.717, 1.165) is 35.5 Å². The number of benzene rings is 2. The summed E-state index contributed by atoms with van der Waals surface area (Å²) in [5, 5.41) is 0. The molecule has 0 atom stereocenters. The Morgan fingerprint density at radius 2 is 1.45 bits per heavy atom. The first-order valence-electron chi connectivity index (χ1n) is 10.9. The average molecular weight is 421 g/mol. The lowest BCUT2D eigenvalue weighted by molar-refractivity contribution is 0.0600. The van der Waals surface area contributed by atoms with Crippen LogP contribution in [0, 0.1) is 6.92 Å². The van der Waals surface area contributed by atoms with Crippen molar-refractivity contribution in [2.45, 2.75) is 46.0 Å². The van der Waals surface area contributed by atoms with Gasteiger partial charge in [0.2, 0.25) is 0 Å². The van der Waals surface area contributed by atoms with Crippen LogP contribution in [0.25, 0.3) is 0 Å². The summed E-state index contributed by atoms with van der Waals surface area (Å²) in [7, 11) is 1.38. The van der Waals surface area contributed by atoms with Crippen LogP contribution in [-0.4, -0.2) is 25.5 Å². The summed E-state index contributed by atoms with van der Waals surface area (Å²) in [6.45, 7) is 4.95. The van der Waals surface area contributed by atoms with E-state index in [1.807, 2.05) is 61.5 Å². The van der Waals surface area contributed by atoms with Gasteiger partial charge in [-0.05, 0) is 49.7 Å². The van der Waals surface area contributed by atoms with E-state index in [2.05, 4.69) is 11.7 Å². The monoisotopic (exact) mass is 420 g/mol. The molecule has 0 N–H and O–H groups in total. The van der Waals surface area contributed by atoms with Gasteiger partial charge >= 0.3 is 5.97 Å².